The van der Waals surface area contributed by atoms with Crippen LogP contribution >= 0.6 is 0 Å². The van der Waals surface area contributed by atoms with Crippen molar-refractivity contribution in [3.8, 4) is 0 Å². The zero-order valence-electron chi connectivity index (χ0n) is 7.78. The number of primary amides is 1. The van der Waals surface area contributed by atoms with Gasteiger partial charge in [0, 0.05) is 0 Å². The highest BCUT2D eigenvalue weighted by atomic mass is 17.2. The normalized spacial score (nSPS) is 9.77. The van der Waals surface area contributed by atoms with Gasteiger partial charge in [0.05, 0.1) is 0 Å². The van der Waals surface area contributed by atoms with E-state index in [1.54, 1.807) is 0 Å². The largest absolute Gasteiger partial charge is 0.447 e. The average Bonchev–Trinajstić information content (AvgIpc) is 2.10. The average molecular weight is 190 g/mol. The van der Waals surface area contributed by atoms with Crippen LogP contribution in [0.1, 0.15) is 13.8 Å². The monoisotopic (exact) mass is 190 g/mol. The lowest BCUT2D eigenvalue weighted by Crippen LogP contribution is -2.31. The van der Waals surface area contributed by atoms with Gasteiger partial charge in [0.25, 0.3) is 0 Å². The number of carbonyl (C=O) groups excluding carboxylic acids is 2. The Labute approximate surface area is 76.5 Å². The molecule has 0 saturated heterocycles. The molecule has 0 heterocycles. The highest BCUT2D eigenvalue weighted by molar-refractivity contribution is 5.72. The van der Waals surface area contributed by atoms with Crippen LogP contribution < -0.4 is 5.73 Å². The van der Waals surface area contributed by atoms with E-state index < -0.39 is 12.1 Å². The molecule has 6 heteroatoms. The van der Waals surface area contributed by atoms with Gasteiger partial charge in [-0.3, -0.25) is 4.90 Å². The maximum Gasteiger partial charge on any atom is 0.447 e. The van der Waals surface area contributed by atoms with Crippen LogP contribution in [0.4, 0.5) is 4.79 Å². The Morgan fingerprint density at radius 2 is 1.77 bits per heavy atom. The number of likely N-dealkylation sites (N-methyl/N-ethyl adjacent to an activating group) is 1. The van der Waals surface area contributed by atoms with E-state index in [1.807, 2.05) is 18.7 Å². The van der Waals surface area contributed by atoms with Crippen molar-refractivity contribution in [1.29, 1.82) is 0 Å². The van der Waals surface area contributed by atoms with Crippen molar-refractivity contribution in [2.24, 2.45) is 5.73 Å². The Morgan fingerprint density at radius 3 is 2.15 bits per heavy atom. The highest BCUT2D eigenvalue weighted by Crippen LogP contribution is 1.89. The minimum Gasteiger partial charge on any atom is -0.332 e. The van der Waals surface area contributed by atoms with Crippen LogP contribution in [0.3, 0.4) is 0 Å². The van der Waals surface area contributed by atoms with Crippen molar-refractivity contribution in [3.05, 3.63) is 0 Å². The molecule has 0 fully saturated rings. The summed E-state index contributed by atoms with van der Waals surface area (Å²) in [4.78, 5) is 30.7. The van der Waals surface area contributed by atoms with Crippen molar-refractivity contribution in [2.75, 3.05) is 19.6 Å². The van der Waals surface area contributed by atoms with Gasteiger partial charge in [-0.2, -0.15) is 0 Å². The Balaban J connectivity index is 3.66. The summed E-state index contributed by atoms with van der Waals surface area (Å²) >= 11 is 0. The quantitative estimate of drug-likeness (QED) is 0.493. The third kappa shape index (κ3) is 5.92. The van der Waals surface area contributed by atoms with Gasteiger partial charge in [-0.1, -0.05) is 13.8 Å². The summed E-state index contributed by atoms with van der Waals surface area (Å²) in [6, 6.07) is 0. The molecular formula is C7H14N2O4. The first-order valence-electron chi connectivity index (χ1n) is 3.99. The fraction of sp³-hybridized carbons (Fsp3) is 0.714. The predicted octanol–water partition coefficient (Wildman–Crippen LogP) is -0.118. The summed E-state index contributed by atoms with van der Waals surface area (Å²) in [5.41, 5.74) is 4.58. The van der Waals surface area contributed by atoms with Crippen LogP contribution in [0, 0.1) is 0 Å². The maximum absolute atomic E-state index is 10.9. The standard InChI is InChI=1S/C7H14N2O4/c1-3-9(4-2)5-6(10)12-13-7(8)11/h3-5H2,1-2H3,(H2,8,11). The third-order valence-electron chi connectivity index (χ3n) is 1.46. The van der Waals surface area contributed by atoms with Gasteiger partial charge in [0.15, 0.2) is 0 Å². The lowest BCUT2D eigenvalue weighted by molar-refractivity contribution is -0.231. The van der Waals surface area contributed by atoms with Gasteiger partial charge >= 0.3 is 12.1 Å². The zero-order valence-corrected chi connectivity index (χ0v) is 7.78. The minimum atomic E-state index is -1.13. The molecule has 2 N–H and O–H groups in total. The molecule has 6 nitrogen and oxygen atoms in total. The number of amides is 1. The van der Waals surface area contributed by atoms with E-state index in [0.29, 0.717) is 0 Å². The molecule has 1 amide bonds. The molecule has 0 unspecified atom stereocenters. The smallest absolute Gasteiger partial charge is 0.332 e. The van der Waals surface area contributed by atoms with E-state index in [2.05, 4.69) is 15.5 Å². The first kappa shape index (κ1) is 11.7. The number of hydrogen-bond donors (Lipinski definition) is 1. The number of nitrogens with zero attached hydrogens (tertiary/aromatic N) is 1. The molecule has 0 aliphatic carbocycles. The second-order valence-corrected chi connectivity index (χ2v) is 2.32. The first-order chi connectivity index (χ1) is 6.10. The number of rotatable bonds is 4. The van der Waals surface area contributed by atoms with Crippen molar-refractivity contribution in [1.82, 2.24) is 4.90 Å². The number of carbonyl (C=O) groups is 2. The zero-order chi connectivity index (χ0) is 10.3. The maximum atomic E-state index is 10.9. The molecule has 0 saturated carbocycles. The molecule has 0 bridgehead atoms. The van der Waals surface area contributed by atoms with Crippen molar-refractivity contribution in [3.63, 3.8) is 0 Å². The molecule has 0 aromatic carbocycles. The Morgan fingerprint density at radius 1 is 1.23 bits per heavy atom. The Bertz CT molecular complexity index is 179. The van der Waals surface area contributed by atoms with E-state index in [1.165, 1.54) is 0 Å². The molecule has 0 radical (unpaired) electrons. The molecule has 0 aliphatic heterocycles. The van der Waals surface area contributed by atoms with Gasteiger partial charge in [-0.25, -0.2) is 19.4 Å². The van der Waals surface area contributed by atoms with Crippen LogP contribution in [0.2, 0.25) is 0 Å². The predicted molar refractivity (Wildman–Crippen MR) is 44.5 cm³/mol. The van der Waals surface area contributed by atoms with Crippen LogP contribution in [0.25, 0.3) is 0 Å². The Hall–Kier alpha value is -1.30. The summed E-state index contributed by atoms with van der Waals surface area (Å²) in [5, 5.41) is 0. The van der Waals surface area contributed by atoms with Crippen LogP contribution in [-0.2, 0) is 14.6 Å². The van der Waals surface area contributed by atoms with Gasteiger partial charge in [0.1, 0.15) is 6.54 Å². The summed E-state index contributed by atoms with van der Waals surface area (Å²) < 4.78 is 0. The molecular weight excluding hydrogens is 176 g/mol. The fourth-order valence-electron chi connectivity index (χ4n) is 0.744. The molecule has 13 heavy (non-hydrogen) atoms. The third-order valence-corrected chi connectivity index (χ3v) is 1.46. The summed E-state index contributed by atoms with van der Waals surface area (Å²) in [6.45, 7) is 5.35. The van der Waals surface area contributed by atoms with Gasteiger partial charge in [0.2, 0.25) is 0 Å². The molecule has 0 rings (SSSR count). The first-order valence-corrected chi connectivity index (χ1v) is 3.99. The van der Waals surface area contributed by atoms with E-state index in [9.17, 15) is 9.59 Å². The van der Waals surface area contributed by atoms with E-state index in [0.717, 1.165) is 13.1 Å². The van der Waals surface area contributed by atoms with Crippen LogP contribution in [-0.4, -0.2) is 36.6 Å². The second kappa shape index (κ2) is 6.24. The molecule has 76 valence electrons. The molecule has 0 aromatic heterocycles. The summed E-state index contributed by atoms with van der Waals surface area (Å²) in [7, 11) is 0. The molecule has 0 aliphatic rings. The number of nitrogens with two attached hydrogens (primary N) is 1. The Kier molecular flexibility index (Phi) is 5.62. The lowest BCUT2D eigenvalue weighted by atomic mass is 10.5. The van der Waals surface area contributed by atoms with Gasteiger partial charge in [-0.05, 0) is 13.1 Å². The SMILES string of the molecule is CCN(CC)CC(=O)OOC(N)=O. The minimum absolute atomic E-state index is 0.0836. The van der Waals surface area contributed by atoms with E-state index in [4.69, 9.17) is 0 Å². The van der Waals surface area contributed by atoms with Gasteiger partial charge in [-0.15, -0.1) is 0 Å². The lowest BCUT2D eigenvalue weighted by Gasteiger charge is -2.15. The molecule has 0 spiro atoms. The van der Waals surface area contributed by atoms with Crippen LogP contribution in [0.5, 0.6) is 0 Å². The van der Waals surface area contributed by atoms with Crippen molar-refractivity contribution in [2.45, 2.75) is 13.8 Å². The summed E-state index contributed by atoms with van der Waals surface area (Å²) in [6.07, 6.45) is -1.13. The van der Waals surface area contributed by atoms with Crippen molar-refractivity contribution < 1.29 is 19.4 Å². The second-order valence-electron chi connectivity index (χ2n) is 2.32. The highest BCUT2D eigenvalue weighted by Gasteiger charge is 2.10. The molecule has 0 aromatic rings. The fourth-order valence-corrected chi connectivity index (χ4v) is 0.744. The van der Waals surface area contributed by atoms with Crippen LogP contribution in [0.15, 0.2) is 0 Å². The van der Waals surface area contributed by atoms with E-state index in [-0.39, 0.29) is 6.54 Å². The van der Waals surface area contributed by atoms with E-state index >= 15 is 0 Å². The van der Waals surface area contributed by atoms with Crippen molar-refractivity contribution >= 4 is 12.1 Å². The number of hydrogen-bond acceptors (Lipinski definition) is 5. The van der Waals surface area contributed by atoms with Gasteiger partial charge < -0.3 is 5.73 Å². The topological polar surface area (TPSA) is 81.9 Å². The molecule has 0 atom stereocenters. The summed E-state index contributed by atoms with van der Waals surface area (Å²) in [5.74, 6) is -0.637.